The number of carbonyl (C=O) groups excluding carboxylic acids is 1. The third-order valence-electron chi connectivity index (χ3n) is 2.87. The molecule has 15 heavy (non-hydrogen) atoms. The molecule has 0 bridgehead atoms. The van der Waals surface area contributed by atoms with Gasteiger partial charge in [0.25, 0.3) is 0 Å². The minimum atomic E-state index is 0.0301. The van der Waals surface area contributed by atoms with Gasteiger partial charge in [-0.05, 0) is 24.1 Å². The highest BCUT2D eigenvalue weighted by Gasteiger charge is 2.22. The number of phenolic OH excluding ortho intramolecular Hbond substituents is 1. The molecular weight excluding hydrogens is 192 g/mol. The second kappa shape index (κ2) is 3.46. The predicted molar refractivity (Wildman–Crippen MR) is 57.3 cm³/mol. The number of nitrogens with two attached hydrogens (primary N) is 1. The normalized spacial score (nSPS) is 14.9. The van der Waals surface area contributed by atoms with E-state index in [2.05, 4.69) is 0 Å². The van der Waals surface area contributed by atoms with Gasteiger partial charge >= 0.3 is 0 Å². The first-order chi connectivity index (χ1) is 7.09. The van der Waals surface area contributed by atoms with Crippen LogP contribution in [0.4, 0.5) is 5.69 Å². The maximum atomic E-state index is 11.2. The Balaban J connectivity index is 2.41. The molecule has 0 fully saturated rings. The highest BCUT2D eigenvalue weighted by Crippen LogP contribution is 2.31. The van der Waals surface area contributed by atoms with Crippen molar-refractivity contribution in [2.24, 2.45) is 0 Å². The molecule has 0 radical (unpaired) electrons. The summed E-state index contributed by atoms with van der Waals surface area (Å²) in [7, 11) is 0. The summed E-state index contributed by atoms with van der Waals surface area (Å²) < 4.78 is 0. The number of hydrogen-bond donors (Lipinski definition) is 2. The van der Waals surface area contributed by atoms with E-state index >= 15 is 0 Å². The molecule has 0 unspecified atom stereocenters. The molecule has 0 spiro atoms. The zero-order valence-electron chi connectivity index (χ0n) is 8.66. The third-order valence-corrected chi connectivity index (χ3v) is 2.87. The Morgan fingerprint density at radius 3 is 2.87 bits per heavy atom. The summed E-state index contributed by atoms with van der Waals surface area (Å²) in [6.07, 6.45) is 0.717. The smallest absolute Gasteiger partial charge is 0.219 e. The van der Waals surface area contributed by atoms with Gasteiger partial charge in [0.2, 0.25) is 5.91 Å². The number of aromatic hydroxyl groups is 1. The number of amides is 1. The summed E-state index contributed by atoms with van der Waals surface area (Å²) in [5.74, 6) is 0.257. The van der Waals surface area contributed by atoms with E-state index in [1.165, 1.54) is 6.92 Å². The first kappa shape index (κ1) is 9.83. The van der Waals surface area contributed by atoms with Crippen LogP contribution < -0.4 is 5.73 Å². The highest BCUT2D eigenvalue weighted by atomic mass is 16.3. The van der Waals surface area contributed by atoms with Crippen molar-refractivity contribution >= 4 is 11.6 Å². The predicted octanol–water partition coefficient (Wildman–Crippen LogP) is 0.879. The quantitative estimate of drug-likeness (QED) is 0.489. The monoisotopic (exact) mass is 206 g/mol. The first-order valence-electron chi connectivity index (χ1n) is 4.94. The van der Waals surface area contributed by atoms with Crippen LogP contribution in [0.3, 0.4) is 0 Å². The van der Waals surface area contributed by atoms with E-state index in [0.29, 0.717) is 18.8 Å². The first-order valence-corrected chi connectivity index (χ1v) is 4.94. The molecule has 2 rings (SSSR count). The molecule has 0 aromatic heterocycles. The third kappa shape index (κ3) is 1.63. The van der Waals surface area contributed by atoms with E-state index in [-0.39, 0.29) is 11.7 Å². The van der Waals surface area contributed by atoms with Crippen LogP contribution in [0.15, 0.2) is 12.1 Å². The van der Waals surface area contributed by atoms with Crippen LogP contribution in [0, 0.1) is 0 Å². The molecule has 1 aromatic rings. The standard InChI is InChI=1S/C11H14N2O2/c1-7(14)13-5-4-8-9(6-13)11(15)3-2-10(8)12/h2-3,15H,4-6,12H2,1H3. The van der Waals surface area contributed by atoms with Crippen LogP contribution in [0.5, 0.6) is 5.75 Å². The summed E-state index contributed by atoms with van der Waals surface area (Å²) in [4.78, 5) is 12.9. The summed E-state index contributed by atoms with van der Waals surface area (Å²) in [6.45, 7) is 2.67. The fourth-order valence-electron chi connectivity index (χ4n) is 1.96. The minimum absolute atomic E-state index is 0.0301. The molecule has 4 nitrogen and oxygen atoms in total. The van der Waals surface area contributed by atoms with Crippen molar-refractivity contribution < 1.29 is 9.90 Å². The Labute approximate surface area is 88.3 Å². The zero-order chi connectivity index (χ0) is 11.0. The second-order valence-corrected chi connectivity index (χ2v) is 3.82. The molecule has 1 aliphatic rings. The van der Waals surface area contributed by atoms with Gasteiger partial charge in [0.1, 0.15) is 5.75 Å². The molecule has 1 heterocycles. The van der Waals surface area contributed by atoms with Crippen molar-refractivity contribution in [3.05, 3.63) is 23.3 Å². The minimum Gasteiger partial charge on any atom is -0.508 e. The topological polar surface area (TPSA) is 66.6 Å². The van der Waals surface area contributed by atoms with E-state index in [1.807, 2.05) is 0 Å². The van der Waals surface area contributed by atoms with Crippen LogP contribution in [-0.2, 0) is 17.8 Å². The molecule has 1 amide bonds. The van der Waals surface area contributed by atoms with Gasteiger partial charge < -0.3 is 15.7 Å². The molecule has 0 atom stereocenters. The van der Waals surface area contributed by atoms with Crippen LogP contribution in [0.25, 0.3) is 0 Å². The van der Waals surface area contributed by atoms with Crippen LogP contribution in [0.1, 0.15) is 18.1 Å². The number of benzene rings is 1. The number of nitrogens with zero attached hydrogens (tertiary/aromatic N) is 1. The number of fused-ring (bicyclic) bond motifs is 1. The lowest BCUT2D eigenvalue weighted by molar-refractivity contribution is -0.129. The maximum Gasteiger partial charge on any atom is 0.219 e. The van der Waals surface area contributed by atoms with E-state index in [1.54, 1.807) is 17.0 Å². The molecule has 80 valence electrons. The number of rotatable bonds is 0. The fourth-order valence-corrected chi connectivity index (χ4v) is 1.96. The van der Waals surface area contributed by atoms with Crippen LogP contribution >= 0.6 is 0 Å². The van der Waals surface area contributed by atoms with Gasteiger partial charge in [0.15, 0.2) is 0 Å². The molecule has 1 aliphatic heterocycles. The van der Waals surface area contributed by atoms with Crippen molar-refractivity contribution in [2.75, 3.05) is 12.3 Å². The lowest BCUT2D eigenvalue weighted by Crippen LogP contribution is -2.34. The van der Waals surface area contributed by atoms with Crippen molar-refractivity contribution in [3.63, 3.8) is 0 Å². The number of nitrogen functional groups attached to an aromatic ring is 1. The molecule has 3 N–H and O–H groups in total. The van der Waals surface area contributed by atoms with Gasteiger partial charge in [-0.3, -0.25) is 4.79 Å². The lowest BCUT2D eigenvalue weighted by atomic mass is 9.97. The van der Waals surface area contributed by atoms with Gasteiger partial charge in [0, 0.05) is 31.3 Å². The molecule has 1 aromatic carbocycles. The van der Waals surface area contributed by atoms with Crippen molar-refractivity contribution in [3.8, 4) is 5.75 Å². The van der Waals surface area contributed by atoms with Gasteiger partial charge in [-0.15, -0.1) is 0 Å². The Hall–Kier alpha value is -1.71. The van der Waals surface area contributed by atoms with E-state index in [4.69, 9.17) is 5.73 Å². The van der Waals surface area contributed by atoms with Gasteiger partial charge in [-0.2, -0.15) is 0 Å². The Morgan fingerprint density at radius 2 is 2.20 bits per heavy atom. The summed E-state index contributed by atoms with van der Waals surface area (Å²) in [6, 6.07) is 3.29. The molecule has 4 heteroatoms. The highest BCUT2D eigenvalue weighted by molar-refractivity contribution is 5.74. The van der Waals surface area contributed by atoms with Crippen molar-refractivity contribution in [1.29, 1.82) is 0 Å². The Kier molecular flexibility index (Phi) is 2.26. The molecular formula is C11H14N2O2. The van der Waals surface area contributed by atoms with Crippen molar-refractivity contribution in [1.82, 2.24) is 4.90 Å². The summed E-state index contributed by atoms with van der Waals surface area (Å²) in [5, 5.41) is 9.69. The van der Waals surface area contributed by atoms with Crippen LogP contribution in [-0.4, -0.2) is 22.5 Å². The Bertz CT molecular complexity index is 415. The Morgan fingerprint density at radius 1 is 1.47 bits per heavy atom. The van der Waals surface area contributed by atoms with E-state index < -0.39 is 0 Å². The van der Waals surface area contributed by atoms with Gasteiger partial charge in [-0.1, -0.05) is 0 Å². The molecule has 0 saturated heterocycles. The van der Waals surface area contributed by atoms with E-state index in [0.717, 1.165) is 17.5 Å². The zero-order valence-corrected chi connectivity index (χ0v) is 8.66. The number of anilines is 1. The van der Waals surface area contributed by atoms with Crippen LogP contribution in [0.2, 0.25) is 0 Å². The van der Waals surface area contributed by atoms with E-state index in [9.17, 15) is 9.90 Å². The molecule has 0 saturated carbocycles. The average molecular weight is 206 g/mol. The lowest BCUT2D eigenvalue weighted by Gasteiger charge is -2.29. The fraction of sp³-hybridized carbons (Fsp3) is 0.364. The number of phenols is 1. The number of hydrogen-bond acceptors (Lipinski definition) is 3. The second-order valence-electron chi connectivity index (χ2n) is 3.82. The summed E-state index contributed by atoms with van der Waals surface area (Å²) >= 11 is 0. The van der Waals surface area contributed by atoms with Crippen molar-refractivity contribution in [2.45, 2.75) is 19.9 Å². The largest absolute Gasteiger partial charge is 0.508 e. The number of carbonyl (C=O) groups is 1. The van der Waals surface area contributed by atoms with Gasteiger partial charge in [0.05, 0.1) is 0 Å². The summed E-state index contributed by atoms with van der Waals surface area (Å²) in [5.41, 5.74) is 8.28. The average Bonchev–Trinajstić information content (AvgIpc) is 2.23. The maximum absolute atomic E-state index is 11.2. The van der Waals surface area contributed by atoms with Gasteiger partial charge in [-0.25, -0.2) is 0 Å². The molecule has 0 aliphatic carbocycles. The SMILES string of the molecule is CC(=O)N1CCc2c(N)ccc(O)c2C1.